The summed E-state index contributed by atoms with van der Waals surface area (Å²) in [6.07, 6.45) is 7.06. The molecule has 0 spiro atoms. The van der Waals surface area contributed by atoms with E-state index in [9.17, 15) is 14.4 Å². The fourth-order valence-corrected chi connectivity index (χ4v) is 5.74. The molecular weight excluding hydrogens is 598 g/mol. The molecule has 216 valence electrons. The zero-order chi connectivity index (χ0) is 29.4. The first kappa shape index (κ1) is 27.9. The van der Waals surface area contributed by atoms with Gasteiger partial charge in [0.15, 0.2) is 0 Å². The van der Waals surface area contributed by atoms with Crippen molar-refractivity contribution in [2.75, 3.05) is 30.0 Å². The van der Waals surface area contributed by atoms with E-state index >= 15 is 0 Å². The van der Waals surface area contributed by atoms with Gasteiger partial charge in [0.05, 0.1) is 0 Å². The molecule has 0 radical (unpaired) electrons. The van der Waals surface area contributed by atoms with Crippen molar-refractivity contribution >= 4 is 67.7 Å². The molecule has 2 aliphatic rings. The van der Waals surface area contributed by atoms with Gasteiger partial charge in [0.1, 0.15) is 16.8 Å². The third kappa shape index (κ3) is 5.48. The molecule has 0 saturated heterocycles. The molecule has 4 aromatic rings. The van der Waals surface area contributed by atoms with Gasteiger partial charge in [-0.05, 0) is 80.3 Å². The number of hydrogen-bond acceptors (Lipinski definition) is 6. The third-order valence-corrected chi connectivity index (χ3v) is 8.54. The maximum Gasteiger partial charge on any atom is 0.270 e. The Morgan fingerprint density at radius 3 is 2.05 bits per heavy atom. The SMILES string of the molecule is CN(C)C(=O)c1cc2cnc(Nc3ccc(NC(=O)C4(C(=O)Nc5ccc(Br)cc5)CC4)cc3)nc2n1C1CCCC1. The predicted molar refractivity (Wildman–Crippen MR) is 166 cm³/mol. The summed E-state index contributed by atoms with van der Waals surface area (Å²) in [6, 6.07) is 16.6. The number of halogens is 1. The third-order valence-electron chi connectivity index (χ3n) is 8.01. The second-order valence-electron chi connectivity index (χ2n) is 11.2. The number of hydrogen-bond donors (Lipinski definition) is 3. The number of rotatable bonds is 8. The van der Waals surface area contributed by atoms with Gasteiger partial charge in [-0.15, -0.1) is 0 Å². The summed E-state index contributed by atoms with van der Waals surface area (Å²) in [4.78, 5) is 49.8. The minimum absolute atomic E-state index is 0.0502. The smallest absolute Gasteiger partial charge is 0.270 e. The number of anilines is 4. The zero-order valence-electron chi connectivity index (χ0n) is 23.5. The Kier molecular flexibility index (Phi) is 7.44. The Hall–Kier alpha value is -4.25. The molecule has 0 unspecified atom stereocenters. The Bertz CT molecular complexity index is 1650. The first-order chi connectivity index (χ1) is 20.2. The van der Waals surface area contributed by atoms with Crippen LogP contribution in [0.5, 0.6) is 0 Å². The average molecular weight is 631 g/mol. The summed E-state index contributed by atoms with van der Waals surface area (Å²) < 4.78 is 2.99. The highest BCUT2D eigenvalue weighted by molar-refractivity contribution is 9.10. The lowest BCUT2D eigenvalue weighted by Crippen LogP contribution is -2.35. The number of carbonyl (C=O) groups is 3. The predicted octanol–water partition coefficient (Wildman–Crippen LogP) is 6.11. The summed E-state index contributed by atoms with van der Waals surface area (Å²) >= 11 is 3.38. The standard InChI is InChI=1S/C31H32BrN7O3/c1-38(2)27(40)25-17-19-18-33-30(37-26(19)39(25)24-5-3-4-6-24)36-23-13-11-22(12-14-23)35-29(42)31(15-16-31)28(41)34-21-9-7-20(32)8-10-21/h7-14,17-18,24H,3-6,15-16H2,1-2H3,(H,34,41)(H,35,42)(H,33,36,37). The van der Waals surface area contributed by atoms with Crippen molar-refractivity contribution in [1.29, 1.82) is 0 Å². The average Bonchev–Trinajstić information content (AvgIpc) is 3.47. The maximum absolute atomic E-state index is 13.1. The lowest BCUT2D eigenvalue weighted by atomic mass is 10.0. The van der Waals surface area contributed by atoms with Crippen molar-refractivity contribution in [3.05, 3.63) is 71.0 Å². The zero-order valence-corrected chi connectivity index (χ0v) is 25.1. The Morgan fingerprint density at radius 1 is 0.905 bits per heavy atom. The van der Waals surface area contributed by atoms with Gasteiger partial charge in [-0.1, -0.05) is 28.8 Å². The van der Waals surface area contributed by atoms with Gasteiger partial charge in [-0.3, -0.25) is 14.4 Å². The van der Waals surface area contributed by atoms with Crippen LogP contribution in [0.4, 0.5) is 23.0 Å². The van der Waals surface area contributed by atoms with Crippen molar-refractivity contribution in [2.24, 2.45) is 5.41 Å². The number of aromatic nitrogens is 3. The Balaban J connectivity index is 1.15. The summed E-state index contributed by atoms with van der Waals surface area (Å²) in [5.74, 6) is -0.249. The van der Waals surface area contributed by atoms with E-state index in [-0.39, 0.29) is 23.8 Å². The van der Waals surface area contributed by atoms with E-state index in [2.05, 4.69) is 41.4 Å². The summed E-state index contributed by atoms with van der Waals surface area (Å²) in [7, 11) is 3.51. The van der Waals surface area contributed by atoms with E-state index < -0.39 is 5.41 Å². The first-order valence-electron chi connectivity index (χ1n) is 14.1. The van der Waals surface area contributed by atoms with Gasteiger partial charge < -0.3 is 25.4 Å². The van der Waals surface area contributed by atoms with E-state index in [0.29, 0.717) is 35.9 Å². The minimum atomic E-state index is -1.06. The van der Waals surface area contributed by atoms with Crippen LogP contribution in [-0.2, 0) is 9.59 Å². The number of fused-ring (bicyclic) bond motifs is 1. The summed E-state index contributed by atoms with van der Waals surface area (Å²) in [6.45, 7) is 0. The van der Waals surface area contributed by atoms with Gasteiger partial charge in [0.2, 0.25) is 17.8 Å². The van der Waals surface area contributed by atoms with Crippen molar-refractivity contribution in [2.45, 2.75) is 44.6 Å². The number of benzene rings is 2. The lowest BCUT2D eigenvalue weighted by Gasteiger charge is -2.19. The van der Waals surface area contributed by atoms with Crippen LogP contribution in [0.15, 0.2) is 65.3 Å². The second kappa shape index (κ2) is 11.2. The van der Waals surface area contributed by atoms with Crippen molar-refractivity contribution in [3.8, 4) is 0 Å². The van der Waals surface area contributed by atoms with Gasteiger partial charge >= 0.3 is 0 Å². The molecular formula is C31H32BrN7O3. The molecule has 11 heteroatoms. The van der Waals surface area contributed by atoms with Gasteiger partial charge in [-0.2, -0.15) is 4.98 Å². The second-order valence-corrected chi connectivity index (χ2v) is 12.1. The van der Waals surface area contributed by atoms with Gasteiger partial charge in [0.25, 0.3) is 5.91 Å². The molecule has 10 nitrogen and oxygen atoms in total. The molecule has 0 atom stereocenters. The van der Waals surface area contributed by atoms with Crippen LogP contribution in [0.25, 0.3) is 11.0 Å². The van der Waals surface area contributed by atoms with Crippen molar-refractivity contribution in [3.63, 3.8) is 0 Å². The highest BCUT2D eigenvalue weighted by atomic mass is 79.9. The van der Waals surface area contributed by atoms with Crippen molar-refractivity contribution < 1.29 is 14.4 Å². The van der Waals surface area contributed by atoms with E-state index in [1.165, 1.54) is 0 Å². The summed E-state index contributed by atoms with van der Waals surface area (Å²) in [5, 5.41) is 9.81. The molecule has 2 aromatic carbocycles. The maximum atomic E-state index is 13.1. The number of amides is 3. The molecule has 42 heavy (non-hydrogen) atoms. The van der Waals surface area contributed by atoms with Crippen LogP contribution in [0.1, 0.15) is 55.1 Å². The molecule has 2 heterocycles. The Labute approximate surface area is 252 Å². The fraction of sp³-hybridized carbons (Fsp3) is 0.323. The van der Waals surface area contributed by atoms with E-state index in [4.69, 9.17) is 4.98 Å². The quantitative estimate of drug-likeness (QED) is 0.202. The topological polar surface area (TPSA) is 121 Å². The molecule has 6 rings (SSSR count). The molecule has 3 amide bonds. The van der Waals surface area contributed by atoms with Crippen LogP contribution in [0.2, 0.25) is 0 Å². The van der Waals surface area contributed by atoms with Crippen LogP contribution >= 0.6 is 15.9 Å². The summed E-state index contributed by atoms with van der Waals surface area (Å²) in [5.41, 5.74) is 2.29. The number of carbonyl (C=O) groups excluding carboxylic acids is 3. The van der Waals surface area contributed by atoms with Crippen LogP contribution in [0, 0.1) is 5.41 Å². The Morgan fingerprint density at radius 2 is 1.48 bits per heavy atom. The molecule has 2 saturated carbocycles. The monoisotopic (exact) mass is 629 g/mol. The first-order valence-corrected chi connectivity index (χ1v) is 14.9. The normalized spacial score (nSPS) is 15.8. The highest BCUT2D eigenvalue weighted by Gasteiger charge is 2.56. The van der Waals surface area contributed by atoms with Crippen molar-refractivity contribution in [1.82, 2.24) is 19.4 Å². The van der Waals surface area contributed by atoms with E-state index in [0.717, 1.165) is 46.9 Å². The van der Waals surface area contributed by atoms with Gasteiger partial charge in [0, 0.05) is 53.3 Å². The fourth-order valence-electron chi connectivity index (χ4n) is 5.48. The molecule has 0 bridgehead atoms. The number of nitrogens with one attached hydrogen (secondary N) is 3. The molecule has 2 fully saturated rings. The molecule has 0 aliphatic heterocycles. The van der Waals surface area contributed by atoms with Crippen LogP contribution < -0.4 is 16.0 Å². The largest absolute Gasteiger partial charge is 0.343 e. The molecule has 2 aliphatic carbocycles. The van der Waals surface area contributed by atoms with Crippen LogP contribution in [-0.4, -0.2) is 51.3 Å². The van der Waals surface area contributed by atoms with E-state index in [1.54, 1.807) is 49.5 Å². The van der Waals surface area contributed by atoms with E-state index in [1.807, 2.05) is 30.3 Å². The van der Waals surface area contributed by atoms with Gasteiger partial charge in [-0.25, -0.2) is 4.98 Å². The lowest BCUT2D eigenvalue weighted by molar-refractivity contribution is -0.131. The molecule has 2 aromatic heterocycles. The highest BCUT2D eigenvalue weighted by Crippen LogP contribution is 2.47. The van der Waals surface area contributed by atoms with Crippen LogP contribution in [0.3, 0.4) is 0 Å². The minimum Gasteiger partial charge on any atom is -0.343 e. The number of nitrogens with zero attached hydrogens (tertiary/aromatic N) is 4. The molecule has 3 N–H and O–H groups in total.